The van der Waals surface area contributed by atoms with Crippen molar-refractivity contribution in [2.75, 3.05) is 30.8 Å². The van der Waals surface area contributed by atoms with E-state index in [4.69, 9.17) is 16.2 Å². The number of ether oxygens (including phenoxy) is 1. The molecule has 0 saturated carbocycles. The van der Waals surface area contributed by atoms with Crippen molar-refractivity contribution in [2.24, 2.45) is 5.73 Å². The summed E-state index contributed by atoms with van der Waals surface area (Å²) in [6, 6.07) is 0. The zero-order chi connectivity index (χ0) is 11.3. The highest BCUT2D eigenvalue weighted by atomic mass is 32.1. The Kier molecular flexibility index (Phi) is 4.32. The topological polar surface area (TPSA) is 103 Å². The molecule has 0 spiro atoms. The lowest BCUT2D eigenvalue weighted by Gasteiger charge is -2.04. The number of nitrogens with one attached hydrogen (secondary N) is 1. The van der Waals surface area contributed by atoms with Gasteiger partial charge in [-0.3, -0.25) is 4.79 Å². The highest BCUT2D eigenvalue weighted by Crippen LogP contribution is 2.24. The lowest BCUT2D eigenvalue weighted by atomic mass is 10.3. The van der Waals surface area contributed by atoms with Gasteiger partial charge in [0.25, 0.3) is 0 Å². The molecule has 1 heterocycles. The van der Waals surface area contributed by atoms with Gasteiger partial charge in [0, 0.05) is 12.1 Å². The average molecular weight is 230 g/mol. The smallest absolute Gasteiger partial charge is 0.243 e. The zero-order valence-electron chi connectivity index (χ0n) is 8.45. The second-order valence-electron chi connectivity index (χ2n) is 2.97. The van der Waals surface area contributed by atoms with Crippen LogP contribution in [0, 0.1) is 6.92 Å². The quantitative estimate of drug-likeness (QED) is 0.594. The van der Waals surface area contributed by atoms with Gasteiger partial charge in [0.2, 0.25) is 5.91 Å². The second-order valence-corrected chi connectivity index (χ2v) is 3.74. The van der Waals surface area contributed by atoms with Crippen LogP contribution in [0.1, 0.15) is 5.56 Å². The van der Waals surface area contributed by atoms with Gasteiger partial charge in [-0.15, -0.1) is 0 Å². The largest absolute Gasteiger partial charge is 0.383 e. The molecular weight excluding hydrogens is 216 g/mol. The summed E-state index contributed by atoms with van der Waals surface area (Å²) in [6.07, 6.45) is 0. The van der Waals surface area contributed by atoms with Gasteiger partial charge in [0.15, 0.2) is 0 Å². The fraction of sp³-hybridized carbons (Fsp3) is 0.500. The van der Waals surface area contributed by atoms with Gasteiger partial charge < -0.3 is 21.5 Å². The van der Waals surface area contributed by atoms with E-state index in [2.05, 4.69) is 9.69 Å². The van der Waals surface area contributed by atoms with Gasteiger partial charge in [0.1, 0.15) is 17.4 Å². The molecule has 1 aromatic heterocycles. The SMILES string of the molecule is Cc1c(N)nsc1NCCOCC(N)=O. The Bertz CT molecular complexity index is 339. The molecule has 0 unspecified atom stereocenters. The van der Waals surface area contributed by atoms with Crippen LogP contribution in [0.15, 0.2) is 0 Å². The van der Waals surface area contributed by atoms with Crippen LogP contribution in [0.3, 0.4) is 0 Å². The number of amides is 1. The lowest BCUT2D eigenvalue weighted by Crippen LogP contribution is -2.20. The van der Waals surface area contributed by atoms with Crippen molar-refractivity contribution in [1.82, 2.24) is 4.37 Å². The molecule has 0 atom stereocenters. The number of anilines is 2. The van der Waals surface area contributed by atoms with Crippen LogP contribution < -0.4 is 16.8 Å². The Hall–Kier alpha value is -1.34. The molecule has 15 heavy (non-hydrogen) atoms. The van der Waals surface area contributed by atoms with Crippen molar-refractivity contribution in [1.29, 1.82) is 0 Å². The minimum absolute atomic E-state index is 0.0501. The number of primary amides is 1. The summed E-state index contributed by atoms with van der Waals surface area (Å²) in [5.41, 5.74) is 11.4. The van der Waals surface area contributed by atoms with Crippen molar-refractivity contribution >= 4 is 28.3 Å². The highest BCUT2D eigenvalue weighted by molar-refractivity contribution is 7.10. The molecule has 7 heteroatoms. The monoisotopic (exact) mass is 230 g/mol. The fourth-order valence-corrected chi connectivity index (χ4v) is 1.66. The first-order chi connectivity index (χ1) is 7.11. The van der Waals surface area contributed by atoms with Crippen LogP contribution in [-0.2, 0) is 9.53 Å². The number of nitrogens with two attached hydrogens (primary N) is 2. The number of carbonyl (C=O) groups excluding carboxylic acids is 1. The van der Waals surface area contributed by atoms with Gasteiger partial charge >= 0.3 is 0 Å². The van der Waals surface area contributed by atoms with E-state index in [1.807, 2.05) is 6.92 Å². The molecule has 1 amide bonds. The third-order valence-corrected chi connectivity index (χ3v) is 2.66. The minimum atomic E-state index is -0.465. The Balaban J connectivity index is 2.20. The van der Waals surface area contributed by atoms with E-state index < -0.39 is 5.91 Å². The van der Waals surface area contributed by atoms with E-state index in [-0.39, 0.29) is 6.61 Å². The van der Waals surface area contributed by atoms with Gasteiger partial charge in [-0.1, -0.05) is 0 Å². The maximum atomic E-state index is 10.3. The average Bonchev–Trinajstić information content (AvgIpc) is 2.48. The molecule has 0 aromatic carbocycles. The summed E-state index contributed by atoms with van der Waals surface area (Å²) in [5, 5.41) is 4.03. The lowest BCUT2D eigenvalue weighted by molar-refractivity contribution is -0.122. The second kappa shape index (κ2) is 5.52. The zero-order valence-corrected chi connectivity index (χ0v) is 9.26. The predicted molar refractivity (Wildman–Crippen MR) is 59.8 cm³/mol. The third kappa shape index (κ3) is 3.72. The molecule has 5 N–H and O–H groups in total. The molecule has 0 fully saturated rings. The molecule has 0 aliphatic carbocycles. The van der Waals surface area contributed by atoms with Crippen LogP contribution in [0.5, 0.6) is 0 Å². The summed E-state index contributed by atoms with van der Waals surface area (Å²) < 4.78 is 8.96. The summed E-state index contributed by atoms with van der Waals surface area (Å²) in [7, 11) is 0. The Labute approximate surface area is 91.8 Å². The van der Waals surface area contributed by atoms with Crippen molar-refractivity contribution in [3.05, 3.63) is 5.56 Å². The fourth-order valence-electron chi connectivity index (χ4n) is 0.922. The van der Waals surface area contributed by atoms with Crippen molar-refractivity contribution in [3.63, 3.8) is 0 Å². The van der Waals surface area contributed by atoms with E-state index in [1.54, 1.807) is 0 Å². The van der Waals surface area contributed by atoms with Gasteiger partial charge in [-0.25, -0.2) is 0 Å². The Morgan fingerprint density at radius 1 is 1.67 bits per heavy atom. The summed E-state index contributed by atoms with van der Waals surface area (Å²) in [5.74, 6) is 0.0776. The number of nitrogen functional groups attached to an aromatic ring is 1. The Morgan fingerprint density at radius 2 is 2.40 bits per heavy atom. The maximum Gasteiger partial charge on any atom is 0.243 e. The van der Waals surface area contributed by atoms with Crippen LogP contribution in [-0.4, -0.2) is 30.0 Å². The summed E-state index contributed by atoms with van der Waals surface area (Å²) >= 11 is 1.31. The third-order valence-electron chi connectivity index (χ3n) is 1.74. The van der Waals surface area contributed by atoms with Gasteiger partial charge in [-0.05, 0) is 18.5 Å². The molecule has 0 aliphatic heterocycles. The van der Waals surface area contributed by atoms with Crippen molar-refractivity contribution in [3.8, 4) is 0 Å². The van der Waals surface area contributed by atoms with E-state index in [1.165, 1.54) is 11.5 Å². The molecule has 0 saturated heterocycles. The van der Waals surface area contributed by atoms with Crippen LogP contribution in [0.4, 0.5) is 10.8 Å². The molecular formula is C8H14N4O2S. The molecule has 1 rings (SSSR count). The van der Waals surface area contributed by atoms with Crippen molar-refractivity contribution < 1.29 is 9.53 Å². The molecule has 1 aromatic rings. The van der Waals surface area contributed by atoms with Gasteiger partial charge in [0.05, 0.1) is 6.61 Å². The van der Waals surface area contributed by atoms with E-state index in [0.29, 0.717) is 19.0 Å². The molecule has 6 nitrogen and oxygen atoms in total. The highest BCUT2D eigenvalue weighted by Gasteiger charge is 2.05. The van der Waals surface area contributed by atoms with E-state index in [0.717, 1.165) is 10.6 Å². The number of aromatic nitrogens is 1. The summed E-state index contributed by atoms with van der Waals surface area (Å²) in [4.78, 5) is 10.3. The normalized spacial score (nSPS) is 10.2. The first-order valence-electron chi connectivity index (χ1n) is 4.43. The molecule has 0 aliphatic rings. The number of carbonyl (C=O) groups is 1. The number of nitrogens with zero attached hydrogens (tertiary/aromatic N) is 1. The maximum absolute atomic E-state index is 10.3. The minimum Gasteiger partial charge on any atom is -0.383 e. The number of rotatable bonds is 6. The van der Waals surface area contributed by atoms with Crippen LogP contribution >= 0.6 is 11.5 Å². The number of hydrogen-bond donors (Lipinski definition) is 3. The van der Waals surface area contributed by atoms with Crippen LogP contribution in [0.2, 0.25) is 0 Å². The van der Waals surface area contributed by atoms with E-state index in [9.17, 15) is 4.79 Å². The number of hydrogen-bond acceptors (Lipinski definition) is 6. The van der Waals surface area contributed by atoms with E-state index >= 15 is 0 Å². The van der Waals surface area contributed by atoms with Crippen LogP contribution in [0.25, 0.3) is 0 Å². The molecule has 84 valence electrons. The summed E-state index contributed by atoms with van der Waals surface area (Å²) in [6.45, 7) is 2.85. The molecule has 0 bridgehead atoms. The first kappa shape index (κ1) is 11.7. The van der Waals surface area contributed by atoms with Gasteiger partial charge in [-0.2, -0.15) is 4.37 Å². The van der Waals surface area contributed by atoms with Crippen molar-refractivity contribution in [2.45, 2.75) is 6.92 Å². The predicted octanol–water partition coefficient (Wildman–Crippen LogP) is -0.0525. The first-order valence-corrected chi connectivity index (χ1v) is 5.20. The Morgan fingerprint density at radius 3 is 2.93 bits per heavy atom. The molecule has 0 radical (unpaired) electrons. The standard InChI is InChI=1S/C8H14N4O2S/c1-5-7(10)12-15-8(5)11-2-3-14-4-6(9)13/h11H,2-4H2,1H3,(H2,9,13)(H2,10,12).